The second-order valence-corrected chi connectivity index (χ2v) is 1.93. The summed E-state index contributed by atoms with van der Waals surface area (Å²) in [5.41, 5.74) is 0. The molecule has 1 N–H and O–H groups in total. The van der Waals surface area contributed by atoms with Crippen LogP contribution in [0.15, 0.2) is 17.9 Å². The van der Waals surface area contributed by atoms with Crippen LogP contribution in [0.2, 0.25) is 0 Å². The van der Waals surface area contributed by atoms with E-state index in [0.29, 0.717) is 0 Å². The lowest BCUT2D eigenvalue weighted by molar-refractivity contribution is -0.137. The van der Waals surface area contributed by atoms with Crippen molar-refractivity contribution in [2.45, 2.75) is 6.42 Å². The molecule has 0 bridgehead atoms. The summed E-state index contributed by atoms with van der Waals surface area (Å²) in [6.45, 7) is 3.81. The smallest absolute Gasteiger partial charge is 0.305 e. The number of carboxylic acid groups (broad SMARTS) is 1. The van der Waals surface area contributed by atoms with E-state index < -0.39 is 5.97 Å². The maximum absolute atomic E-state index is 10.0. The van der Waals surface area contributed by atoms with Gasteiger partial charge in [0.1, 0.15) is 0 Å². The summed E-state index contributed by atoms with van der Waals surface area (Å²) < 4.78 is 0. The Labute approximate surface area is 64.3 Å². The molecule has 0 radical (unpaired) electrons. The Morgan fingerprint density at radius 3 is 2.73 bits per heavy atom. The van der Waals surface area contributed by atoms with Crippen molar-refractivity contribution in [3.05, 3.63) is 17.6 Å². The fourth-order valence-electron chi connectivity index (χ4n) is 0.539. The minimum absolute atomic E-state index is 0.0837. The predicted octanol–water partition coefficient (Wildman–Crippen LogP) is 0.631. The van der Waals surface area contributed by atoms with Gasteiger partial charge >= 0.3 is 5.97 Å². The maximum Gasteiger partial charge on any atom is 0.305 e. The summed E-state index contributed by atoms with van der Waals surface area (Å²) in [5.74, 6) is -0.942. The van der Waals surface area contributed by atoms with Crippen LogP contribution in [0, 0.1) is 4.91 Å². The Morgan fingerprint density at radius 1 is 1.73 bits per heavy atom. The quantitative estimate of drug-likeness (QED) is 0.349. The number of hydrogen-bond donors (Lipinski definition) is 1. The van der Waals surface area contributed by atoms with Gasteiger partial charge in [0.15, 0.2) is 0 Å². The fraction of sp³-hybridized carbons (Fsp3) is 0.500. The average molecular weight is 158 g/mol. The van der Waals surface area contributed by atoms with Crippen LogP contribution in [0.1, 0.15) is 6.42 Å². The molecule has 0 aliphatic rings. The van der Waals surface area contributed by atoms with Crippen molar-refractivity contribution in [2.24, 2.45) is 5.29 Å². The molecule has 0 fully saturated rings. The Hall–Kier alpha value is -1.39. The first-order chi connectivity index (χ1) is 5.20. The molecule has 5 heteroatoms. The minimum Gasteiger partial charge on any atom is -0.481 e. The van der Waals surface area contributed by atoms with Crippen LogP contribution in [0.3, 0.4) is 0 Å². The first-order valence-corrected chi connectivity index (χ1v) is 3.11. The topological polar surface area (TPSA) is 70.0 Å². The second kappa shape index (κ2) is 5.40. The monoisotopic (exact) mass is 158 g/mol. The van der Waals surface area contributed by atoms with Crippen LogP contribution in [-0.2, 0) is 4.79 Å². The van der Waals surface area contributed by atoms with Crippen molar-refractivity contribution in [2.75, 3.05) is 13.1 Å². The third kappa shape index (κ3) is 5.07. The first-order valence-electron chi connectivity index (χ1n) is 3.11. The van der Waals surface area contributed by atoms with E-state index in [1.54, 1.807) is 0 Å². The molecule has 0 aliphatic carbocycles. The van der Waals surface area contributed by atoms with E-state index in [1.165, 1.54) is 6.08 Å². The lowest BCUT2D eigenvalue weighted by Gasteiger charge is -2.09. The number of rotatable bonds is 6. The normalized spacial score (nSPS) is 8.73. The predicted molar refractivity (Wildman–Crippen MR) is 39.8 cm³/mol. The number of aliphatic carboxylic acids is 1. The zero-order valence-corrected chi connectivity index (χ0v) is 6.06. The molecular weight excluding hydrogens is 148 g/mol. The summed E-state index contributed by atoms with van der Waals surface area (Å²) in [6, 6.07) is 0. The summed E-state index contributed by atoms with van der Waals surface area (Å²) >= 11 is 0. The van der Waals surface area contributed by atoms with Gasteiger partial charge in [-0.1, -0.05) is 6.08 Å². The van der Waals surface area contributed by atoms with Crippen molar-refractivity contribution < 1.29 is 9.90 Å². The van der Waals surface area contributed by atoms with Gasteiger partial charge in [-0.2, -0.15) is 0 Å². The van der Waals surface area contributed by atoms with E-state index in [-0.39, 0.29) is 19.5 Å². The largest absolute Gasteiger partial charge is 0.481 e. The van der Waals surface area contributed by atoms with Crippen molar-refractivity contribution >= 4 is 5.97 Å². The molecule has 5 nitrogen and oxygen atoms in total. The fourth-order valence-corrected chi connectivity index (χ4v) is 0.539. The van der Waals surface area contributed by atoms with Gasteiger partial charge in [0.2, 0.25) is 0 Å². The Balaban J connectivity index is 3.59. The molecule has 0 saturated heterocycles. The van der Waals surface area contributed by atoms with E-state index >= 15 is 0 Å². The van der Waals surface area contributed by atoms with E-state index in [9.17, 15) is 9.70 Å². The standard InChI is InChI=1S/C6H10N2O3/c1-2-4-8(7-11)5-3-6(9)10/h2H,1,3-5H2,(H,9,10). The summed E-state index contributed by atoms with van der Waals surface area (Å²) in [7, 11) is 0. The molecule has 0 unspecified atom stereocenters. The molecule has 0 aromatic heterocycles. The third-order valence-electron chi connectivity index (χ3n) is 1.04. The number of nitroso groups, excluding NO2 is 1. The highest BCUT2D eigenvalue weighted by atomic mass is 16.4. The highest BCUT2D eigenvalue weighted by Crippen LogP contribution is 1.91. The number of hydrogen-bond acceptors (Lipinski definition) is 3. The van der Waals surface area contributed by atoms with Crippen molar-refractivity contribution in [1.82, 2.24) is 5.01 Å². The van der Waals surface area contributed by atoms with Gasteiger partial charge in [0.05, 0.1) is 24.8 Å². The van der Waals surface area contributed by atoms with Crippen LogP contribution in [0.25, 0.3) is 0 Å². The Bertz CT molecular complexity index is 158. The molecule has 0 saturated carbocycles. The van der Waals surface area contributed by atoms with Gasteiger partial charge < -0.3 is 5.11 Å². The van der Waals surface area contributed by atoms with Crippen LogP contribution in [0.4, 0.5) is 0 Å². The van der Waals surface area contributed by atoms with Crippen LogP contribution >= 0.6 is 0 Å². The van der Waals surface area contributed by atoms with Gasteiger partial charge in [0.25, 0.3) is 0 Å². The van der Waals surface area contributed by atoms with Crippen molar-refractivity contribution in [3.8, 4) is 0 Å². The van der Waals surface area contributed by atoms with Crippen molar-refractivity contribution in [3.63, 3.8) is 0 Å². The highest BCUT2D eigenvalue weighted by molar-refractivity contribution is 5.66. The lowest BCUT2D eigenvalue weighted by Crippen LogP contribution is -2.20. The second-order valence-electron chi connectivity index (χ2n) is 1.93. The van der Waals surface area contributed by atoms with E-state index in [2.05, 4.69) is 11.9 Å². The Morgan fingerprint density at radius 2 is 2.36 bits per heavy atom. The molecule has 0 atom stereocenters. The zero-order chi connectivity index (χ0) is 8.69. The summed E-state index contributed by atoms with van der Waals surface area (Å²) in [5, 5.41) is 11.9. The van der Waals surface area contributed by atoms with Crippen LogP contribution in [0.5, 0.6) is 0 Å². The first kappa shape index (κ1) is 9.61. The van der Waals surface area contributed by atoms with Crippen LogP contribution < -0.4 is 0 Å². The van der Waals surface area contributed by atoms with Crippen molar-refractivity contribution in [1.29, 1.82) is 0 Å². The lowest BCUT2D eigenvalue weighted by atomic mass is 10.4. The van der Waals surface area contributed by atoms with E-state index in [0.717, 1.165) is 5.01 Å². The zero-order valence-electron chi connectivity index (χ0n) is 6.06. The molecule has 0 aromatic rings. The number of carbonyl (C=O) groups is 1. The molecule has 62 valence electrons. The minimum atomic E-state index is -0.942. The van der Waals surface area contributed by atoms with Crippen LogP contribution in [-0.4, -0.2) is 29.2 Å². The van der Waals surface area contributed by atoms with E-state index in [1.807, 2.05) is 0 Å². The van der Waals surface area contributed by atoms with Gasteiger partial charge in [-0.15, -0.1) is 11.5 Å². The molecule has 11 heavy (non-hydrogen) atoms. The molecule has 0 heterocycles. The molecule has 0 aromatic carbocycles. The van der Waals surface area contributed by atoms with Gasteiger partial charge in [-0.3, -0.25) is 9.80 Å². The highest BCUT2D eigenvalue weighted by Gasteiger charge is 2.02. The Kier molecular flexibility index (Phi) is 4.72. The van der Waals surface area contributed by atoms with E-state index in [4.69, 9.17) is 5.11 Å². The maximum atomic E-state index is 10.0. The molecular formula is C6H10N2O3. The number of nitrogens with zero attached hydrogens (tertiary/aromatic N) is 2. The van der Waals surface area contributed by atoms with Gasteiger partial charge in [0, 0.05) is 0 Å². The van der Waals surface area contributed by atoms with Gasteiger partial charge in [-0.25, -0.2) is 0 Å². The molecule has 0 rings (SSSR count). The SMILES string of the molecule is C=CCN(CCC(=O)O)N=O. The van der Waals surface area contributed by atoms with Gasteiger partial charge in [-0.05, 0) is 0 Å². The third-order valence-corrected chi connectivity index (χ3v) is 1.04. The molecule has 0 aliphatic heterocycles. The number of carboxylic acids is 1. The molecule has 0 spiro atoms. The average Bonchev–Trinajstić information content (AvgIpc) is 1.97. The molecule has 0 amide bonds. The summed E-state index contributed by atoms with van der Waals surface area (Å²) in [6.07, 6.45) is 1.41. The summed E-state index contributed by atoms with van der Waals surface area (Å²) in [4.78, 5) is 20.0.